The smallest absolute Gasteiger partial charge is 0.335 e. The van der Waals surface area contributed by atoms with E-state index in [4.69, 9.17) is 15.1 Å². The van der Waals surface area contributed by atoms with Crippen LogP contribution in [0.5, 0.6) is 5.75 Å². The number of nitrogens with zero attached hydrogens (tertiary/aromatic N) is 1. The number of aliphatic hydroxyl groups is 2. The van der Waals surface area contributed by atoms with Gasteiger partial charge >= 0.3 is 5.97 Å². The summed E-state index contributed by atoms with van der Waals surface area (Å²) in [5.74, 6) is -0.898. The quantitative estimate of drug-likeness (QED) is 0.710. The molecule has 2 atom stereocenters. The Bertz CT molecular complexity index is 480. The van der Waals surface area contributed by atoms with E-state index in [1.807, 2.05) is 0 Å². The summed E-state index contributed by atoms with van der Waals surface area (Å²) in [6, 6.07) is 5.66. The lowest BCUT2D eigenvalue weighted by molar-refractivity contribution is 0.0201. The molecular weight excluding hydrogens is 238 g/mol. The molecule has 0 aliphatic carbocycles. The lowest BCUT2D eigenvalue weighted by Gasteiger charge is -2.18. The number of aliphatic hydroxyl groups excluding tert-OH is 2. The molecule has 96 valence electrons. The number of hydrogen-bond acceptors (Lipinski definition) is 5. The molecule has 1 rings (SSSR count). The van der Waals surface area contributed by atoms with E-state index in [0.717, 1.165) is 0 Å². The average Bonchev–Trinajstić information content (AvgIpc) is 2.37. The first-order valence-corrected chi connectivity index (χ1v) is 5.15. The highest BCUT2D eigenvalue weighted by Crippen LogP contribution is 2.29. The molecule has 1 aromatic rings. The van der Waals surface area contributed by atoms with E-state index < -0.39 is 18.2 Å². The number of aromatic carboxylic acids is 1. The van der Waals surface area contributed by atoms with Gasteiger partial charge in [-0.3, -0.25) is 0 Å². The number of benzene rings is 1. The summed E-state index contributed by atoms with van der Waals surface area (Å²) in [6.07, 6.45) is -2.94. The Morgan fingerprint density at radius 2 is 2.17 bits per heavy atom. The van der Waals surface area contributed by atoms with Crippen molar-refractivity contribution in [3.63, 3.8) is 0 Å². The van der Waals surface area contributed by atoms with Crippen LogP contribution in [0.1, 0.15) is 28.4 Å². The molecule has 0 saturated carbocycles. The fourth-order valence-electron chi connectivity index (χ4n) is 1.51. The summed E-state index contributed by atoms with van der Waals surface area (Å²) in [5.41, 5.74) is 0.106. The van der Waals surface area contributed by atoms with E-state index in [-0.39, 0.29) is 23.3 Å². The number of carboxylic acids is 1. The third kappa shape index (κ3) is 2.97. The summed E-state index contributed by atoms with van der Waals surface area (Å²) in [7, 11) is 1.36. The predicted molar refractivity (Wildman–Crippen MR) is 61.1 cm³/mol. The van der Waals surface area contributed by atoms with Crippen molar-refractivity contribution < 1.29 is 24.9 Å². The van der Waals surface area contributed by atoms with Crippen LogP contribution in [0.4, 0.5) is 0 Å². The number of ether oxygens (including phenoxy) is 1. The highest BCUT2D eigenvalue weighted by molar-refractivity contribution is 5.88. The third-order valence-electron chi connectivity index (χ3n) is 2.46. The fourth-order valence-corrected chi connectivity index (χ4v) is 1.51. The second kappa shape index (κ2) is 6.00. The second-order valence-corrected chi connectivity index (χ2v) is 3.64. The predicted octanol–water partition coefficient (Wildman–Crippen LogP) is 0.701. The average molecular weight is 251 g/mol. The first kappa shape index (κ1) is 14.0. The summed E-state index contributed by atoms with van der Waals surface area (Å²) in [4.78, 5) is 10.8. The van der Waals surface area contributed by atoms with Gasteiger partial charge in [-0.1, -0.05) is 0 Å². The molecule has 0 bridgehead atoms. The number of hydrogen-bond donors (Lipinski definition) is 3. The standard InChI is InChI=1S/C12H13NO5/c1-18-10-3-2-7(12(16)17)6-8(10)11(15)9(14)4-5-13/h2-3,6,9,11,14-15H,4H2,1H3,(H,16,17). The minimum Gasteiger partial charge on any atom is -0.496 e. The van der Waals surface area contributed by atoms with E-state index in [1.54, 1.807) is 6.07 Å². The van der Waals surface area contributed by atoms with Crippen LogP contribution >= 0.6 is 0 Å². The normalized spacial score (nSPS) is 13.4. The molecule has 0 aliphatic heterocycles. The number of carbonyl (C=O) groups is 1. The Labute approximate surface area is 104 Å². The molecule has 0 radical (unpaired) electrons. The minimum atomic E-state index is -1.38. The maximum atomic E-state index is 10.8. The molecule has 0 fully saturated rings. The van der Waals surface area contributed by atoms with Crippen LogP contribution < -0.4 is 4.74 Å². The zero-order valence-corrected chi connectivity index (χ0v) is 9.70. The summed E-state index contributed by atoms with van der Waals surface area (Å²) >= 11 is 0. The fraction of sp³-hybridized carbons (Fsp3) is 0.333. The number of carboxylic acid groups (broad SMARTS) is 1. The van der Waals surface area contributed by atoms with Gasteiger partial charge in [0.25, 0.3) is 0 Å². The van der Waals surface area contributed by atoms with Gasteiger partial charge in [-0.15, -0.1) is 0 Å². The molecule has 0 amide bonds. The molecule has 3 N–H and O–H groups in total. The molecule has 0 heterocycles. The molecule has 0 aromatic heterocycles. The van der Waals surface area contributed by atoms with Gasteiger partial charge in [-0.2, -0.15) is 5.26 Å². The molecule has 6 heteroatoms. The van der Waals surface area contributed by atoms with Gasteiger partial charge in [0.1, 0.15) is 11.9 Å². The number of methoxy groups -OCH3 is 1. The largest absolute Gasteiger partial charge is 0.496 e. The maximum Gasteiger partial charge on any atom is 0.335 e. The molecule has 18 heavy (non-hydrogen) atoms. The van der Waals surface area contributed by atoms with Crippen molar-refractivity contribution >= 4 is 5.97 Å². The molecule has 6 nitrogen and oxygen atoms in total. The summed E-state index contributed by atoms with van der Waals surface area (Å²) < 4.78 is 4.98. The number of nitriles is 1. The van der Waals surface area contributed by atoms with Gasteiger partial charge in [0.2, 0.25) is 0 Å². The van der Waals surface area contributed by atoms with E-state index in [0.29, 0.717) is 0 Å². The highest BCUT2D eigenvalue weighted by atomic mass is 16.5. The molecule has 0 aliphatic rings. The Balaban J connectivity index is 3.15. The van der Waals surface area contributed by atoms with Crippen molar-refractivity contribution in [3.8, 4) is 11.8 Å². The first-order chi connectivity index (χ1) is 8.51. The second-order valence-electron chi connectivity index (χ2n) is 3.64. The SMILES string of the molecule is COc1ccc(C(=O)O)cc1C(O)C(O)CC#N. The van der Waals surface area contributed by atoms with Crippen molar-refractivity contribution in [1.29, 1.82) is 5.26 Å². The van der Waals surface area contributed by atoms with Crippen molar-refractivity contribution in [1.82, 2.24) is 0 Å². The monoisotopic (exact) mass is 251 g/mol. The molecule has 0 spiro atoms. The third-order valence-corrected chi connectivity index (χ3v) is 2.46. The Morgan fingerprint density at radius 3 is 2.67 bits per heavy atom. The first-order valence-electron chi connectivity index (χ1n) is 5.15. The van der Waals surface area contributed by atoms with Crippen molar-refractivity contribution in [2.75, 3.05) is 7.11 Å². The Kier molecular flexibility index (Phi) is 4.66. The minimum absolute atomic E-state index is 0.0333. The Hall–Kier alpha value is -2.10. The molecular formula is C12H13NO5. The highest BCUT2D eigenvalue weighted by Gasteiger charge is 2.23. The van der Waals surface area contributed by atoms with Crippen LogP contribution in [0.15, 0.2) is 18.2 Å². The van der Waals surface area contributed by atoms with E-state index in [9.17, 15) is 15.0 Å². The number of rotatable bonds is 5. The van der Waals surface area contributed by atoms with Gasteiger partial charge in [0, 0.05) is 5.56 Å². The van der Waals surface area contributed by atoms with Gasteiger partial charge in [0.15, 0.2) is 0 Å². The van der Waals surface area contributed by atoms with Crippen LogP contribution in [0, 0.1) is 11.3 Å². The Morgan fingerprint density at radius 1 is 1.50 bits per heavy atom. The van der Waals surface area contributed by atoms with Crippen LogP contribution in [-0.2, 0) is 0 Å². The summed E-state index contributed by atoms with van der Waals surface area (Å²) in [5, 5.41) is 36.7. The molecule has 2 unspecified atom stereocenters. The molecule has 1 aromatic carbocycles. The van der Waals surface area contributed by atoms with Crippen molar-refractivity contribution in [2.45, 2.75) is 18.6 Å². The van der Waals surface area contributed by atoms with Crippen LogP contribution in [-0.4, -0.2) is 34.5 Å². The van der Waals surface area contributed by atoms with Crippen LogP contribution in [0.25, 0.3) is 0 Å². The molecule has 0 saturated heterocycles. The van der Waals surface area contributed by atoms with Gasteiger partial charge in [0.05, 0.1) is 31.3 Å². The zero-order valence-electron chi connectivity index (χ0n) is 9.70. The maximum absolute atomic E-state index is 10.8. The van der Waals surface area contributed by atoms with Crippen LogP contribution in [0.3, 0.4) is 0 Å². The van der Waals surface area contributed by atoms with Gasteiger partial charge in [-0.25, -0.2) is 4.79 Å². The van der Waals surface area contributed by atoms with Gasteiger partial charge < -0.3 is 20.1 Å². The van der Waals surface area contributed by atoms with E-state index in [2.05, 4.69) is 0 Å². The lowest BCUT2D eigenvalue weighted by atomic mass is 9.99. The topological polar surface area (TPSA) is 111 Å². The van der Waals surface area contributed by atoms with Crippen molar-refractivity contribution in [2.24, 2.45) is 0 Å². The zero-order chi connectivity index (χ0) is 13.7. The van der Waals surface area contributed by atoms with E-state index in [1.165, 1.54) is 25.3 Å². The van der Waals surface area contributed by atoms with E-state index >= 15 is 0 Å². The van der Waals surface area contributed by atoms with Crippen LogP contribution in [0.2, 0.25) is 0 Å². The van der Waals surface area contributed by atoms with Gasteiger partial charge in [-0.05, 0) is 18.2 Å². The lowest BCUT2D eigenvalue weighted by Crippen LogP contribution is -2.18. The van der Waals surface area contributed by atoms with Crippen molar-refractivity contribution in [3.05, 3.63) is 29.3 Å². The summed E-state index contributed by atoms with van der Waals surface area (Å²) in [6.45, 7) is 0.